The van der Waals surface area contributed by atoms with Gasteiger partial charge in [-0.2, -0.15) is 4.68 Å². The Morgan fingerprint density at radius 3 is 2.31 bits per heavy atom. The molecule has 0 aliphatic heterocycles. The highest BCUT2D eigenvalue weighted by atomic mass is 35.5. The van der Waals surface area contributed by atoms with Gasteiger partial charge in [-0.05, 0) is 136 Å². The summed E-state index contributed by atoms with van der Waals surface area (Å²) in [6.07, 6.45) is 12.5. The molecule has 0 spiro atoms. The Balaban J connectivity index is 1.30. The second-order valence-electron chi connectivity index (χ2n) is 22.3. The molecular weight excluding hydrogens is 758 g/mol. The van der Waals surface area contributed by atoms with Crippen LogP contribution in [0.4, 0.5) is 0 Å². The number of hydrogen-bond acceptors (Lipinski definition) is 5. The number of hydrogen-bond donors (Lipinski definition) is 1. The van der Waals surface area contributed by atoms with E-state index in [1.807, 2.05) is 12.1 Å². The Hall–Kier alpha value is -3.00. The molecule has 2 aromatic heterocycles. The van der Waals surface area contributed by atoms with Gasteiger partial charge in [-0.25, -0.2) is 4.98 Å². The van der Waals surface area contributed by atoms with Crippen molar-refractivity contribution in [2.45, 2.75) is 172 Å². The highest BCUT2D eigenvalue weighted by Gasteiger charge is 2.74. The average Bonchev–Trinajstić information content (AvgIpc) is 3.60. The van der Waals surface area contributed by atoms with Crippen LogP contribution < -0.4 is 10.3 Å². The van der Waals surface area contributed by atoms with Crippen LogP contribution in [0, 0.1) is 56.2 Å². The second-order valence-corrected chi connectivity index (χ2v) is 22.7. The van der Waals surface area contributed by atoms with Gasteiger partial charge in [0.25, 0.3) is 5.56 Å². The fraction of sp³-hybridized carbons (Fsp3) is 0.740. The van der Waals surface area contributed by atoms with Crippen LogP contribution in [0.3, 0.4) is 0 Å². The molecular formula is C50H74ClN3O5. The largest absolute Gasteiger partial charge is 0.495 e. The Labute approximate surface area is 359 Å². The number of fused-ring (bicyclic) bond motifs is 7. The number of carbonyl (C=O) groups is 1. The lowest BCUT2D eigenvalue weighted by molar-refractivity contribution is -0.246. The van der Waals surface area contributed by atoms with Gasteiger partial charge in [-0.1, -0.05) is 98.6 Å². The lowest BCUT2D eigenvalue weighted by atomic mass is 9.30. The van der Waals surface area contributed by atoms with Gasteiger partial charge < -0.3 is 14.6 Å². The summed E-state index contributed by atoms with van der Waals surface area (Å²) in [4.78, 5) is 31.2. The van der Waals surface area contributed by atoms with Crippen molar-refractivity contribution in [3.05, 3.63) is 62.9 Å². The molecule has 9 atom stereocenters. The van der Waals surface area contributed by atoms with E-state index in [0.29, 0.717) is 59.0 Å². The summed E-state index contributed by atoms with van der Waals surface area (Å²) in [5.41, 5.74) is 2.81. The smallest absolute Gasteiger partial charge is 0.309 e. The number of carboxylic acids is 1. The Kier molecular flexibility index (Phi) is 10.9. The van der Waals surface area contributed by atoms with E-state index in [0.717, 1.165) is 57.1 Å². The first-order valence-electron chi connectivity index (χ1n) is 22.8. The van der Waals surface area contributed by atoms with Gasteiger partial charge in [0.05, 0.1) is 30.2 Å². The second kappa shape index (κ2) is 14.5. The fourth-order valence-corrected chi connectivity index (χ4v) is 15.7. The minimum Gasteiger partial charge on any atom is -0.495 e. The van der Waals surface area contributed by atoms with Crippen LogP contribution >= 0.6 is 11.6 Å². The van der Waals surface area contributed by atoms with Crippen LogP contribution in [0.15, 0.2) is 46.6 Å². The molecule has 0 amide bonds. The molecule has 4 fully saturated rings. The van der Waals surface area contributed by atoms with Crippen molar-refractivity contribution in [1.29, 1.82) is 0 Å². The molecule has 4 saturated carbocycles. The number of carboxylic acid groups (broad SMARTS) is 1. The van der Waals surface area contributed by atoms with Crippen molar-refractivity contribution < 1.29 is 19.4 Å². The van der Waals surface area contributed by atoms with Crippen LogP contribution in [0.25, 0.3) is 5.82 Å². The third-order valence-electron chi connectivity index (χ3n) is 18.3. The van der Waals surface area contributed by atoms with Crippen molar-refractivity contribution in [3.8, 4) is 11.6 Å². The van der Waals surface area contributed by atoms with E-state index in [4.69, 9.17) is 26.1 Å². The van der Waals surface area contributed by atoms with E-state index in [-0.39, 0.29) is 44.2 Å². The number of pyridine rings is 1. The molecule has 0 saturated heterocycles. The quantitative estimate of drug-likeness (QED) is 0.179. The van der Waals surface area contributed by atoms with Crippen molar-refractivity contribution in [2.75, 3.05) is 7.11 Å². The first-order chi connectivity index (χ1) is 27.4. The standard InChI is InChI=1S/C50H74ClN3O5/c1-15-26-53-41(39(51)42(55)54(53)37-17-16-33(58-14)29-52-37)50-25-24-49(13)47(11)22-18-34-45(8,9)36(59-32(5)28-44(6,7)43(56)57)20-21-46(34,10)35(47)19-23-48(49,12)40(50)38(30(2)3)31(4)27-50/h16-17,29-31,34-36H,5,15,18-28H2,1-4,6-14H3,(H,56,57)/t31-,34-,35+,36-,46?,47?,48+,49-,50+/m0/s1. The maximum Gasteiger partial charge on any atom is 0.309 e. The van der Waals surface area contributed by atoms with E-state index in [1.165, 1.54) is 12.8 Å². The number of ether oxygens (including phenoxy) is 2. The van der Waals surface area contributed by atoms with E-state index in [2.05, 4.69) is 80.5 Å². The summed E-state index contributed by atoms with van der Waals surface area (Å²) < 4.78 is 16.1. The van der Waals surface area contributed by atoms with Crippen LogP contribution in [-0.4, -0.2) is 38.6 Å². The zero-order valence-electron chi connectivity index (χ0n) is 38.6. The molecule has 0 aromatic carbocycles. The molecule has 2 aromatic rings. The zero-order chi connectivity index (χ0) is 43.5. The molecule has 2 heterocycles. The number of rotatable bonds is 11. The predicted molar refractivity (Wildman–Crippen MR) is 237 cm³/mol. The van der Waals surface area contributed by atoms with Gasteiger partial charge in [-0.15, -0.1) is 0 Å². The topological polar surface area (TPSA) is 95.6 Å². The number of methoxy groups -OCH3 is 1. The summed E-state index contributed by atoms with van der Waals surface area (Å²) in [5.74, 6) is 2.76. The highest BCUT2D eigenvalue weighted by Crippen LogP contribution is 2.81. The van der Waals surface area contributed by atoms with Crippen molar-refractivity contribution >= 4 is 17.6 Å². The summed E-state index contributed by atoms with van der Waals surface area (Å²) >= 11 is 7.47. The molecule has 7 rings (SSSR count). The Bertz CT molecular complexity index is 2090. The van der Waals surface area contributed by atoms with Crippen LogP contribution in [0.5, 0.6) is 5.75 Å². The summed E-state index contributed by atoms with van der Waals surface area (Å²) in [7, 11) is 1.63. The van der Waals surface area contributed by atoms with Gasteiger partial charge in [0.15, 0.2) is 5.82 Å². The van der Waals surface area contributed by atoms with Crippen LogP contribution in [-0.2, 0) is 21.5 Å². The molecule has 0 bridgehead atoms. The SMILES string of the molecule is C=C(CC(C)(C)C(=O)O)O[C@H]1CCC2(C)[C@H]3CC[C@]4(C)C5=C(C(C)C)[C@@H](C)C[C@]5(c5c(Cl)c(=O)n(-c6ccc(OC)cn6)n5CCC)CC[C@@]4(C)C3(C)CC[C@H]2C1(C)C. The zero-order valence-corrected chi connectivity index (χ0v) is 39.4. The van der Waals surface area contributed by atoms with Crippen molar-refractivity contribution in [1.82, 2.24) is 14.3 Å². The maximum atomic E-state index is 14.5. The Morgan fingerprint density at radius 1 is 1.03 bits per heavy atom. The summed E-state index contributed by atoms with van der Waals surface area (Å²) in [5, 5.41) is 10.2. The average molecular weight is 833 g/mol. The summed E-state index contributed by atoms with van der Waals surface area (Å²) in [6.45, 7) is 33.2. The lowest BCUT2D eigenvalue weighted by Crippen LogP contribution is -2.68. The van der Waals surface area contributed by atoms with Gasteiger partial charge >= 0.3 is 5.97 Å². The van der Waals surface area contributed by atoms with Crippen molar-refractivity contribution in [2.24, 2.45) is 56.2 Å². The van der Waals surface area contributed by atoms with Gasteiger partial charge in [0.2, 0.25) is 0 Å². The van der Waals surface area contributed by atoms with Crippen LogP contribution in [0.2, 0.25) is 5.02 Å². The van der Waals surface area contributed by atoms with E-state index < -0.39 is 11.4 Å². The minimum atomic E-state index is -0.919. The molecule has 1 N–H and O–H groups in total. The molecule has 0 radical (unpaired) electrons. The molecule has 5 aliphatic carbocycles. The normalized spacial score (nSPS) is 36.4. The monoisotopic (exact) mass is 832 g/mol. The maximum absolute atomic E-state index is 14.5. The number of aromatic nitrogens is 3. The third-order valence-corrected chi connectivity index (χ3v) is 18.6. The third kappa shape index (κ3) is 6.11. The van der Waals surface area contributed by atoms with Gasteiger partial charge in [-0.3, -0.25) is 14.3 Å². The predicted octanol–water partition coefficient (Wildman–Crippen LogP) is 12.2. The number of aliphatic carboxylic acids is 1. The number of halogens is 1. The van der Waals surface area contributed by atoms with E-state index in [1.54, 1.807) is 43.0 Å². The molecule has 8 nitrogen and oxygen atoms in total. The molecule has 326 valence electrons. The Morgan fingerprint density at radius 2 is 1.71 bits per heavy atom. The first-order valence-corrected chi connectivity index (χ1v) is 23.1. The number of nitrogens with zero attached hydrogens (tertiary/aromatic N) is 3. The van der Waals surface area contributed by atoms with E-state index >= 15 is 0 Å². The van der Waals surface area contributed by atoms with Crippen LogP contribution in [0.1, 0.15) is 159 Å². The molecule has 2 unspecified atom stereocenters. The first kappa shape index (κ1) is 44.1. The molecule has 9 heteroatoms. The lowest BCUT2D eigenvalue weighted by Gasteiger charge is -2.75. The fourth-order valence-electron chi connectivity index (χ4n) is 15.4. The molecule has 5 aliphatic rings. The van der Waals surface area contributed by atoms with Gasteiger partial charge in [0.1, 0.15) is 16.9 Å². The highest BCUT2D eigenvalue weighted by molar-refractivity contribution is 6.31. The molecule has 59 heavy (non-hydrogen) atoms. The minimum absolute atomic E-state index is 0.00592. The van der Waals surface area contributed by atoms with Crippen molar-refractivity contribution in [3.63, 3.8) is 0 Å². The van der Waals surface area contributed by atoms with E-state index in [9.17, 15) is 14.7 Å². The van der Waals surface area contributed by atoms with Gasteiger partial charge in [0, 0.05) is 23.8 Å². The summed E-state index contributed by atoms with van der Waals surface area (Å²) in [6, 6.07) is 3.74. The number of allylic oxidation sites excluding steroid dienone is 3.